The molecule has 0 spiro atoms. The van der Waals surface area contributed by atoms with Crippen molar-refractivity contribution in [1.82, 2.24) is 0 Å². The zero-order chi connectivity index (χ0) is 14.0. The fourth-order valence-corrected chi connectivity index (χ4v) is 3.07. The molecule has 7 heteroatoms. The molecule has 0 bridgehead atoms. The van der Waals surface area contributed by atoms with Gasteiger partial charge in [0.05, 0.1) is 4.90 Å². The Morgan fingerprint density at radius 1 is 1.32 bits per heavy atom. The third-order valence-electron chi connectivity index (χ3n) is 2.68. The number of nitrogens with two attached hydrogens (primary N) is 2. The molecule has 1 atom stereocenters. The Balaban J connectivity index is 2.28. The van der Waals surface area contributed by atoms with Gasteiger partial charge in [0, 0.05) is 17.4 Å². The van der Waals surface area contributed by atoms with Crippen LogP contribution in [0.1, 0.15) is 18.5 Å². The van der Waals surface area contributed by atoms with Crippen LogP contribution in [0.3, 0.4) is 0 Å². The van der Waals surface area contributed by atoms with Crippen LogP contribution in [0.25, 0.3) is 0 Å². The number of hydrogen-bond acceptors (Lipinski definition) is 5. The molecular weight excluding hydrogens is 282 g/mol. The molecule has 1 heterocycles. The first-order valence-electron chi connectivity index (χ1n) is 5.58. The minimum absolute atomic E-state index is 0.00696. The maximum atomic E-state index is 11.3. The van der Waals surface area contributed by atoms with Gasteiger partial charge in [-0.05, 0) is 47.5 Å². The van der Waals surface area contributed by atoms with Gasteiger partial charge in [0.15, 0.2) is 0 Å². The van der Waals surface area contributed by atoms with Gasteiger partial charge < -0.3 is 11.1 Å². The van der Waals surface area contributed by atoms with Crippen molar-refractivity contribution in [2.45, 2.75) is 17.9 Å². The third-order valence-corrected chi connectivity index (χ3v) is 4.28. The van der Waals surface area contributed by atoms with Crippen molar-refractivity contribution < 1.29 is 8.42 Å². The summed E-state index contributed by atoms with van der Waals surface area (Å²) in [5.74, 6) is 0. The molecule has 5 nitrogen and oxygen atoms in total. The number of nitrogens with one attached hydrogen (secondary N) is 1. The molecule has 0 saturated heterocycles. The molecule has 1 aromatic carbocycles. The van der Waals surface area contributed by atoms with Crippen LogP contribution in [-0.2, 0) is 10.0 Å². The van der Waals surface area contributed by atoms with E-state index in [-0.39, 0.29) is 10.9 Å². The van der Waals surface area contributed by atoms with Crippen LogP contribution in [-0.4, -0.2) is 8.42 Å². The monoisotopic (exact) mass is 297 g/mol. The largest absolute Gasteiger partial charge is 0.399 e. The second-order valence-corrected chi connectivity index (χ2v) is 6.60. The van der Waals surface area contributed by atoms with Crippen molar-refractivity contribution in [1.29, 1.82) is 0 Å². The quantitative estimate of drug-likeness (QED) is 0.753. The Hall–Kier alpha value is -1.57. The van der Waals surface area contributed by atoms with E-state index in [4.69, 9.17) is 10.9 Å². The highest BCUT2D eigenvalue weighted by Gasteiger charge is 2.12. The molecule has 0 aliphatic carbocycles. The predicted molar refractivity (Wildman–Crippen MR) is 78.6 cm³/mol. The molecule has 0 aliphatic heterocycles. The van der Waals surface area contributed by atoms with E-state index in [9.17, 15) is 8.42 Å². The van der Waals surface area contributed by atoms with Gasteiger partial charge in [-0.3, -0.25) is 0 Å². The fraction of sp³-hybridized carbons (Fsp3) is 0.167. The van der Waals surface area contributed by atoms with Crippen molar-refractivity contribution in [3.05, 3.63) is 40.6 Å². The van der Waals surface area contributed by atoms with Crippen LogP contribution in [0.2, 0.25) is 0 Å². The maximum absolute atomic E-state index is 11.3. The zero-order valence-electron chi connectivity index (χ0n) is 10.3. The van der Waals surface area contributed by atoms with Gasteiger partial charge >= 0.3 is 0 Å². The van der Waals surface area contributed by atoms with Crippen LogP contribution in [0.4, 0.5) is 11.4 Å². The smallest absolute Gasteiger partial charge is 0.238 e. The molecule has 1 aromatic heterocycles. The van der Waals surface area contributed by atoms with Crippen LogP contribution in [0.5, 0.6) is 0 Å². The van der Waals surface area contributed by atoms with Gasteiger partial charge in [-0.1, -0.05) is 0 Å². The summed E-state index contributed by atoms with van der Waals surface area (Å²) in [6.07, 6.45) is 0. The van der Waals surface area contributed by atoms with Crippen LogP contribution in [0.15, 0.2) is 39.9 Å². The maximum Gasteiger partial charge on any atom is 0.238 e. The summed E-state index contributed by atoms with van der Waals surface area (Å²) < 4.78 is 22.7. The molecule has 0 fully saturated rings. The highest BCUT2D eigenvalue weighted by atomic mass is 32.2. The predicted octanol–water partition coefficient (Wildman–Crippen LogP) is 2.15. The molecular formula is C12H15N3O2S2. The van der Waals surface area contributed by atoms with Crippen molar-refractivity contribution in [3.8, 4) is 0 Å². The van der Waals surface area contributed by atoms with Crippen LogP contribution < -0.4 is 16.2 Å². The molecule has 0 aliphatic rings. The Morgan fingerprint density at radius 3 is 2.63 bits per heavy atom. The number of benzene rings is 1. The molecule has 5 N–H and O–H groups in total. The Labute approximate surface area is 116 Å². The molecule has 0 radical (unpaired) electrons. The van der Waals surface area contributed by atoms with Crippen molar-refractivity contribution >= 4 is 32.7 Å². The minimum Gasteiger partial charge on any atom is -0.399 e. The molecule has 2 aromatic rings. The van der Waals surface area contributed by atoms with E-state index in [1.807, 2.05) is 23.8 Å². The van der Waals surface area contributed by atoms with Crippen molar-refractivity contribution in [2.75, 3.05) is 11.1 Å². The highest BCUT2D eigenvalue weighted by molar-refractivity contribution is 7.89. The second-order valence-electron chi connectivity index (χ2n) is 4.26. The summed E-state index contributed by atoms with van der Waals surface area (Å²) in [7, 11) is -3.76. The lowest BCUT2D eigenvalue weighted by Gasteiger charge is -2.15. The first-order chi connectivity index (χ1) is 8.86. The number of primary sulfonamides is 1. The molecule has 1 unspecified atom stereocenters. The van der Waals surface area contributed by atoms with E-state index in [0.717, 1.165) is 5.56 Å². The molecule has 0 saturated carbocycles. The number of anilines is 2. The third kappa shape index (κ3) is 3.46. The van der Waals surface area contributed by atoms with Crippen LogP contribution in [0, 0.1) is 0 Å². The van der Waals surface area contributed by atoms with Gasteiger partial charge in [-0.2, -0.15) is 11.3 Å². The van der Waals surface area contributed by atoms with Gasteiger partial charge in [-0.25, -0.2) is 13.6 Å². The Bertz CT molecular complexity index is 666. The lowest BCUT2D eigenvalue weighted by atomic mass is 10.1. The Kier molecular flexibility index (Phi) is 3.79. The minimum atomic E-state index is -3.76. The standard InChI is InChI=1S/C12H15N3O2S2/c1-8(9-2-3-18-7-9)15-11-4-10(13)5-12(6-11)19(14,16)17/h2-8,15H,13H2,1H3,(H2,14,16,17). The second kappa shape index (κ2) is 5.20. The summed E-state index contributed by atoms with van der Waals surface area (Å²) >= 11 is 1.61. The van der Waals surface area contributed by atoms with Crippen molar-refractivity contribution in [3.63, 3.8) is 0 Å². The van der Waals surface area contributed by atoms with E-state index >= 15 is 0 Å². The molecule has 0 amide bonds. The van der Waals surface area contributed by atoms with E-state index < -0.39 is 10.0 Å². The number of thiophene rings is 1. The van der Waals surface area contributed by atoms with Gasteiger partial charge in [-0.15, -0.1) is 0 Å². The van der Waals surface area contributed by atoms with Gasteiger partial charge in [0.2, 0.25) is 10.0 Å². The normalized spacial score (nSPS) is 13.2. The number of sulfonamides is 1. The summed E-state index contributed by atoms with van der Waals surface area (Å²) in [4.78, 5) is 0.00696. The van der Waals surface area contributed by atoms with E-state index in [1.165, 1.54) is 12.1 Å². The average Bonchev–Trinajstić information content (AvgIpc) is 2.80. The summed E-state index contributed by atoms with van der Waals surface area (Å²) in [5, 5.41) is 12.3. The van der Waals surface area contributed by atoms with E-state index in [1.54, 1.807) is 17.4 Å². The van der Waals surface area contributed by atoms with Gasteiger partial charge in [0.1, 0.15) is 0 Å². The van der Waals surface area contributed by atoms with Crippen molar-refractivity contribution in [2.24, 2.45) is 5.14 Å². The molecule has 102 valence electrons. The summed E-state index contributed by atoms with van der Waals surface area (Å²) in [5.41, 5.74) is 7.80. The molecule has 2 rings (SSSR count). The molecule has 19 heavy (non-hydrogen) atoms. The number of rotatable bonds is 4. The van der Waals surface area contributed by atoms with Crippen LogP contribution >= 0.6 is 11.3 Å². The lowest BCUT2D eigenvalue weighted by Crippen LogP contribution is -2.13. The lowest BCUT2D eigenvalue weighted by molar-refractivity contribution is 0.598. The summed E-state index contributed by atoms with van der Waals surface area (Å²) in [6, 6.07) is 6.57. The SMILES string of the molecule is CC(Nc1cc(N)cc(S(N)(=O)=O)c1)c1ccsc1. The Morgan fingerprint density at radius 2 is 2.05 bits per heavy atom. The number of hydrogen-bond donors (Lipinski definition) is 3. The first-order valence-corrected chi connectivity index (χ1v) is 8.07. The number of nitrogen functional groups attached to an aromatic ring is 1. The summed E-state index contributed by atoms with van der Waals surface area (Å²) in [6.45, 7) is 1.99. The fourth-order valence-electron chi connectivity index (χ4n) is 1.72. The van der Waals surface area contributed by atoms with Gasteiger partial charge in [0.25, 0.3) is 0 Å². The van der Waals surface area contributed by atoms with E-state index in [2.05, 4.69) is 5.32 Å². The first kappa shape index (κ1) is 13.9. The highest BCUT2D eigenvalue weighted by Crippen LogP contribution is 2.25. The zero-order valence-corrected chi connectivity index (χ0v) is 12.0. The topological polar surface area (TPSA) is 98.2 Å². The van der Waals surface area contributed by atoms with E-state index in [0.29, 0.717) is 11.4 Å². The average molecular weight is 297 g/mol.